The van der Waals surface area contributed by atoms with Crippen LogP contribution in [0.4, 0.5) is 0 Å². The molecule has 0 aliphatic carbocycles. The van der Waals surface area contributed by atoms with E-state index in [0.29, 0.717) is 18.4 Å². The Balaban J connectivity index is 0.000000924. The highest BCUT2D eigenvalue weighted by Crippen LogP contribution is 2.18. The normalized spacial score (nSPS) is 13.5. The van der Waals surface area contributed by atoms with E-state index in [0.717, 1.165) is 11.4 Å². The molecule has 0 atom stereocenters. The molecule has 0 spiro atoms. The summed E-state index contributed by atoms with van der Waals surface area (Å²) in [6.07, 6.45) is 3.27. The van der Waals surface area contributed by atoms with E-state index in [-0.39, 0.29) is 17.8 Å². The van der Waals surface area contributed by atoms with Gasteiger partial charge in [-0.15, -0.1) is 0 Å². The molecule has 122 valence electrons. The van der Waals surface area contributed by atoms with Gasteiger partial charge in [0.2, 0.25) is 0 Å². The van der Waals surface area contributed by atoms with Crippen LogP contribution >= 0.6 is 11.8 Å². The lowest BCUT2D eigenvalue weighted by Crippen LogP contribution is -2.38. The summed E-state index contributed by atoms with van der Waals surface area (Å²) < 4.78 is 10.1. The van der Waals surface area contributed by atoms with E-state index in [1.54, 1.807) is 18.5 Å². The van der Waals surface area contributed by atoms with Gasteiger partial charge in [0.25, 0.3) is 0 Å². The van der Waals surface area contributed by atoms with E-state index in [1.807, 2.05) is 32.0 Å². The standard InChI is InChI=1S/C14H13N3O3S.C2H6/c18-13(20-10-7-19-8-10)9-21-14-16-6-4-12(17-14)11-3-1-2-5-15-11;1-2/h1-6,10H,7-9H2;1-2H3. The van der Waals surface area contributed by atoms with Crippen molar-refractivity contribution in [2.24, 2.45) is 0 Å². The summed E-state index contributed by atoms with van der Waals surface area (Å²) >= 11 is 1.25. The van der Waals surface area contributed by atoms with Gasteiger partial charge in [0.15, 0.2) is 5.16 Å². The maximum absolute atomic E-state index is 11.6. The average molecular weight is 333 g/mol. The minimum absolute atomic E-state index is 0.0983. The molecule has 1 aliphatic rings. The van der Waals surface area contributed by atoms with Gasteiger partial charge >= 0.3 is 5.97 Å². The van der Waals surface area contributed by atoms with Crippen molar-refractivity contribution in [3.05, 3.63) is 36.7 Å². The predicted molar refractivity (Wildman–Crippen MR) is 88.0 cm³/mol. The third-order valence-electron chi connectivity index (χ3n) is 2.79. The van der Waals surface area contributed by atoms with Crippen LogP contribution in [0.15, 0.2) is 41.8 Å². The highest BCUT2D eigenvalue weighted by atomic mass is 32.2. The van der Waals surface area contributed by atoms with Crippen LogP contribution in [-0.4, -0.2) is 46.0 Å². The number of aromatic nitrogens is 3. The Kier molecular flexibility index (Phi) is 6.96. The summed E-state index contributed by atoms with van der Waals surface area (Å²) in [7, 11) is 0. The fourth-order valence-corrected chi connectivity index (χ4v) is 2.31. The van der Waals surface area contributed by atoms with Crippen molar-refractivity contribution in [2.45, 2.75) is 25.1 Å². The first-order valence-electron chi connectivity index (χ1n) is 7.46. The van der Waals surface area contributed by atoms with Gasteiger partial charge < -0.3 is 9.47 Å². The monoisotopic (exact) mass is 333 g/mol. The number of rotatable bonds is 5. The largest absolute Gasteiger partial charge is 0.457 e. The number of carbonyl (C=O) groups excluding carboxylic acids is 1. The lowest BCUT2D eigenvalue weighted by atomic mass is 10.3. The SMILES string of the molecule is CC.O=C(CSc1nccc(-c2ccccn2)n1)OC1COC1. The van der Waals surface area contributed by atoms with E-state index < -0.39 is 0 Å². The zero-order valence-electron chi connectivity index (χ0n) is 13.1. The number of ether oxygens (including phenoxy) is 2. The first kappa shape index (κ1) is 17.4. The second-order valence-electron chi connectivity index (χ2n) is 4.38. The van der Waals surface area contributed by atoms with Crippen LogP contribution in [0.5, 0.6) is 0 Å². The van der Waals surface area contributed by atoms with Crippen molar-refractivity contribution in [1.29, 1.82) is 0 Å². The van der Waals surface area contributed by atoms with Crippen molar-refractivity contribution in [3.8, 4) is 11.4 Å². The van der Waals surface area contributed by atoms with Gasteiger partial charge in [-0.3, -0.25) is 9.78 Å². The summed E-state index contributed by atoms with van der Waals surface area (Å²) in [5, 5.41) is 0.528. The molecular formula is C16H19N3O3S. The molecule has 0 unspecified atom stereocenters. The highest BCUT2D eigenvalue weighted by Gasteiger charge is 2.22. The third-order valence-corrected chi connectivity index (χ3v) is 3.62. The fourth-order valence-electron chi connectivity index (χ4n) is 1.69. The van der Waals surface area contributed by atoms with Gasteiger partial charge in [0, 0.05) is 12.4 Å². The smallest absolute Gasteiger partial charge is 0.316 e. The van der Waals surface area contributed by atoms with Crippen molar-refractivity contribution in [2.75, 3.05) is 19.0 Å². The Hall–Kier alpha value is -1.99. The van der Waals surface area contributed by atoms with Crippen molar-refractivity contribution in [3.63, 3.8) is 0 Å². The summed E-state index contributed by atoms with van der Waals surface area (Å²) in [4.78, 5) is 24.4. The molecule has 0 amide bonds. The molecule has 7 heteroatoms. The van der Waals surface area contributed by atoms with E-state index in [4.69, 9.17) is 9.47 Å². The maximum atomic E-state index is 11.6. The zero-order chi connectivity index (χ0) is 16.5. The molecular weight excluding hydrogens is 314 g/mol. The Morgan fingerprint density at radius 3 is 2.70 bits per heavy atom. The molecule has 1 fully saturated rings. The Morgan fingerprint density at radius 2 is 2.04 bits per heavy atom. The molecule has 0 saturated carbocycles. The van der Waals surface area contributed by atoms with Crippen molar-refractivity contribution in [1.82, 2.24) is 15.0 Å². The predicted octanol–water partition coefficient (Wildman–Crippen LogP) is 2.60. The summed E-state index contributed by atoms with van der Waals surface area (Å²) in [6, 6.07) is 7.41. The van der Waals surface area contributed by atoms with Crippen molar-refractivity contribution < 1.29 is 14.3 Å². The number of pyridine rings is 1. The van der Waals surface area contributed by atoms with Gasteiger partial charge in [0.05, 0.1) is 30.4 Å². The number of thioether (sulfide) groups is 1. The third kappa shape index (κ3) is 5.30. The van der Waals surface area contributed by atoms with Crippen LogP contribution in [0, 0.1) is 0 Å². The number of esters is 1. The fraction of sp³-hybridized carbons (Fsp3) is 0.375. The summed E-state index contributed by atoms with van der Waals surface area (Å²) in [5.41, 5.74) is 1.50. The Morgan fingerprint density at radius 1 is 1.22 bits per heavy atom. The summed E-state index contributed by atoms with van der Waals surface area (Å²) in [6.45, 7) is 4.98. The highest BCUT2D eigenvalue weighted by molar-refractivity contribution is 7.99. The molecule has 1 saturated heterocycles. The second kappa shape index (κ2) is 9.22. The van der Waals surface area contributed by atoms with Crippen LogP contribution in [0.25, 0.3) is 11.4 Å². The van der Waals surface area contributed by atoms with Crippen LogP contribution < -0.4 is 0 Å². The molecule has 1 aliphatic heterocycles. The molecule has 2 aromatic rings. The molecule has 6 nitrogen and oxygen atoms in total. The quantitative estimate of drug-likeness (QED) is 0.473. The van der Waals surface area contributed by atoms with Gasteiger partial charge in [0.1, 0.15) is 6.10 Å². The average Bonchev–Trinajstić information content (AvgIpc) is 2.59. The lowest BCUT2D eigenvalue weighted by Gasteiger charge is -2.25. The van der Waals surface area contributed by atoms with E-state index in [9.17, 15) is 4.79 Å². The molecule has 3 heterocycles. The van der Waals surface area contributed by atoms with Crippen LogP contribution in [0.2, 0.25) is 0 Å². The zero-order valence-corrected chi connectivity index (χ0v) is 14.0. The molecule has 0 N–H and O–H groups in total. The molecule has 2 aromatic heterocycles. The Bertz CT molecular complexity index is 621. The lowest BCUT2D eigenvalue weighted by molar-refractivity contribution is -0.169. The van der Waals surface area contributed by atoms with Crippen molar-refractivity contribution >= 4 is 17.7 Å². The van der Waals surface area contributed by atoms with Crippen LogP contribution in [0.1, 0.15) is 13.8 Å². The second-order valence-corrected chi connectivity index (χ2v) is 5.32. The number of hydrogen-bond acceptors (Lipinski definition) is 7. The van der Waals surface area contributed by atoms with E-state index >= 15 is 0 Å². The number of carbonyl (C=O) groups is 1. The minimum Gasteiger partial charge on any atom is -0.457 e. The van der Waals surface area contributed by atoms with E-state index in [1.165, 1.54) is 11.8 Å². The Labute approximate surface area is 139 Å². The van der Waals surface area contributed by atoms with E-state index in [2.05, 4.69) is 15.0 Å². The molecule has 0 bridgehead atoms. The molecule has 0 aromatic carbocycles. The van der Waals surface area contributed by atoms with Gasteiger partial charge in [-0.2, -0.15) is 0 Å². The topological polar surface area (TPSA) is 74.2 Å². The first-order chi connectivity index (χ1) is 11.3. The molecule has 23 heavy (non-hydrogen) atoms. The maximum Gasteiger partial charge on any atom is 0.316 e. The van der Waals surface area contributed by atoms with Gasteiger partial charge in [-0.05, 0) is 18.2 Å². The van der Waals surface area contributed by atoms with Crippen LogP contribution in [-0.2, 0) is 14.3 Å². The molecule has 0 radical (unpaired) electrons. The summed E-state index contributed by atoms with van der Waals surface area (Å²) in [5.74, 6) is -0.0949. The molecule has 3 rings (SSSR count). The minimum atomic E-state index is -0.278. The van der Waals surface area contributed by atoms with Gasteiger partial charge in [-0.1, -0.05) is 31.7 Å². The van der Waals surface area contributed by atoms with Gasteiger partial charge in [-0.25, -0.2) is 9.97 Å². The first-order valence-corrected chi connectivity index (χ1v) is 8.44. The number of hydrogen-bond donors (Lipinski definition) is 0. The van der Waals surface area contributed by atoms with Crippen LogP contribution in [0.3, 0.4) is 0 Å². The number of nitrogens with zero attached hydrogens (tertiary/aromatic N) is 3.